The summed E-state index contributed by atoms with van der Waals surface area (Å²) in [6.45, 7) is 2.18. The minimum atomic E-state index is -0.951. The average molecular weight is 310 g/mol. The first-order chi connectivity index (χ1) is 11.0. The van der Waals surface area contributed by atoms with Crippen molar-refractivity contribution in [3.05, 3.63) is 22.8 Å². The van der Waals surface area contributed by atoms with E-state index in [9.17, 15) is 9.90 Å². The molecule has 4 aliphatic carbocycles. The van der Waals surface area contributed by atoms with E-state index in [0.29, 0.717) is 24.0 Å². The summed E-state index contributed by atoms with van der Waals surface area (Å²) in [4.78, 5) is 11.7. The zero-order valence-electron chi connectivity index (χ0n) is 14.0. The van der Waals surface area contributed by atoms with E-state index in [2.05, 4.69) is 12.8 Å². The highest BCUT2D eigenvalue weighted by Crippen LogP contribution is 2.63. The minimum absolute atomic E-state index is 0.181. The zero-order chi connectivity index (χ0) is 16.2. The van der Waals surface area contributed by atoms with Gasteiger partial charge in [-0.3, -0.25) is 4.79 Å². The lowest BCUT2D eigenvalue weighted by Crippen LogP contribution is -2.47. The van der Waals surface area contributed by atoms with Gasteiger partial charge in [0.05, 0.1) is 0 Å². The molecule has 2 heteroatoms. The van der Waals surface area contributed by atoms with Crippen LogP contribution in [0.3, 0.4) is 0 Å². The summed E-state index contributed by atoms with van der Waals surface area (Å²) >= 11 is 0. The van der Waals surface area contributed by atoms with E-state index in [4.69, 9.17) is 6.42 Å². The van der Waals surface area contributed by atoms with Crippen LogP contribution in [0.1, 0.15) is 64.7 Å². The maximum Gasteiger partial charge on any atom is 0.155 e. The lowest BCUT2D eigenvalue weighted by molar-refractivity contribution is -0.115. The summed E-state index contributed by atoms with van der Waals surface area (Å²) in [5.74, 6) is 4.23. The molecule has 0 aromatic rings. The Kier molecular flexibility index (Phi) is 3.36. The van der Waals surface area contributed by atoms with Crippen molar-refractivity contribution in [3.8, 4) is 12.3 Å². The van der Waals surface area contributed by atoms with Crippen molar-refractivity contribution in [1.29, 1.82) is 0 Å². The molecule has 2 nitrogen and oxygen atoms in total. The minimum Gasteiger partial charge on any atom is -0.377 e. The Labute approximate surface area is 139 Å². The molecule has 122 valence electrons. The monoisotopic (exact) mass is 310 g/mol. The van der Waals surface area contributed by atoms with Crippen LogP contribution in [0, 0.1) is 29.6 Å². The fourth-order valence-corrected chi connectivity index (χ4v) is 6.20. The summed E-state index contributed by atoms with van der Waals surface area (Å²) in [7, 11) is 0. The SMILES string of the molecule is C#C[C@]1(O)CCC2=C3CCC4=CC(=O)CC[C@@H]4[C@H]3CC[C@]21CC. The summed E-state index contributed by atoms with van der Waals surface area (Å²) in [5.41, 5.74) is 3.35. The second-order valence-electron chi connectivity index (χ2n) is 7.92. The Morgan fingerprint density at radius 2 is 2.04 bits per heavy atom. The highest BCUT2D eigenvalue weighted by molar-refractivity contribution is 5.91. The molecule has 1 N–H and O–H groups in total. The second kappa shape index (κ2) is 5.08. The Balaban J connectivity index is 1.78. The van der Waals surface area contributed by atoms with Gasteiger partial charge in [0, 0.05) is 11.8 Å². The first kappa shape index (κ1) is 15.2. The van der Waals surface area contributed by atoms with Gasteiger partial charge in [0.2, 0.25) is 0 Å². The van der Waals surface area contributed by atoms with Gasteiger partial charge in [0.25, 0.3) is 0 Å². The molecule has 0 spiro atoms. The summed E-state index contributed by atoms with van der Waals surface area (Å²) in [6.07, 6.45) is 16.3. The van der Waals surface area contributed by atoms with Crippen molar-refractivity contribution in [1.82, 2.24) is 0 Å². The molecule has 0 amide bonds. The third kappa shape index (κ3) is 1.89. The number of rotatable bonds is 1. The number of ketones is 1. The van der Waals surface area contributed by atoms with Gasteiger partial charge < -0.3 is 5.11 Å². The molecule has 0 aromatic heterocycles. The summed E-state index contributed by atoms with van der Waals surface area (Å²) in [5, 5.41) is 11.1. The number of carbonyl (C=O) groups excluding carboxylic acids is 1. The van der Waals surface area contributed by atoms with Gasteiger partial charge in [0.1, 0.15) is 5.60 Å². The lowest BCUT2D eigenvalue weighted by atomic mass is 9.56. The molecule has 0 aliphatic heterocycles. The van der Waals surface area contributed by atoms with Gasteiger partial charge in [-0.2, -0.15) is 0 Å². The average Bonchev–Trinajstić information content (AvgIpc) is 2.88. The molecule has 2 saturated carbocycles. The molecular weight excluding hydrogens is 284 g/mol. The van der Waals surface area contributed by atoms with Gasteiger partial charge in [-0.15, -0.1) is 6.42 Å². The molecule has 23 heavy (non-hydrogen) atoms. The highest BCUT2D eigenvalue weighted by atomic mass is 16.3. The predicted molar refractivity (Wildman–Crippen MR) is 90.5 cm³/mol. The van der Waals surface area contributed by atoms with Gasteiger partial charge in [-0.25, -0.2) is 0 Å². The van der Waals surface area contributed by atoms with Gasteiger partial charge in [-0.05, 0) is 69.3 Å². The van der Waals surface area contributed by atoms with Gasteiger partial charge in [0.15, 0.2) is 5.78 Å². The van der Waals surface area contributed by atoms with E-state index in [1.54, 1.807) is 5.57 Å². The molecule has 4 rings (SSSR count). The van der Waals surface area contributed by atoms with Crippen LogP contribution in [-0.2, 0) is 4.79 Å². The lowest BCUT2D eigenvalue weighted by Gasteiger charge is -2.49. The topological polar surface area (TPSA) is 37.3 Å². The van der Waals surface area contributed by atoms with Crippen LogP contribution in [0.4, 0.5) is 0 Å². The smallest absolute Gasteiger partial charge is 0.155 e. The van der Waals surface area contributed by atoms with Crippen molar-refractivity contribution in [2.45, 2.75) is 70.3 Å². The molecule has 4 aliphatic rings. The molecule has 0 unspecified atom stereocenters. The zero-order valence-corrected chi connectivity index (χ0v) is 14.0. The number of carbonyl (C=O) groups is 1. The van der Waals surface area contributed by atoms with Crippen LogP contribution < -0.4 is 0 Å². The first-order valence-electron chi connectivity index (χ1n) is 9.20. The number of fused-ring (bicyclic) bond motifs is 4. The number of terminal acetylenes is 1. The molecule has 0 bridgehead atoms. The first-order valence-corrected chi connectivity index (χ1v) is 9.20. The highest BCUT2D eigenvalue weighted by Gasteiger charge is 2.58. The molecule has 0 radical (unpaired) electrons. The maximum atomic E-state index is 11.7. The Bertz CT molecular complexity index is 662. The van der Waals surface area contributed by atoms with Gasteiger partial charge >= 0.3 is 0 Å². The Morgan fingerprint density at radius 3 is 2.78 bits per heavy atom. The van der Waals surface area contributed by atoms with Crippen LogP contribution >= 0.6 is 0 Å². The van der Waals surface area contributed by atoms with Crippen LogP contribution in [0.15, 0.2) is 22.8 Å². The van der Waals surface area contributed by atoms with E-state index in [1.807, 2.05) is 6.08 Å². The molecule has 4 atom stereocenters. The number of hydrogen-bond donors (Lipinski definition) is 1. The van der Waals surface area contributed by atoms with Crippen LogP contribution in [-0.4, -0.2) is 16.5 Å². The fraction of sp³-hybridized carbons (Fsp3) is 0.667. The van der Waals surface area contributed by atoms with Crippen molar-refractivity contribution in [2.75, 3.05) is 0 Å². The fourth-order valence-electron chi connectivity index (χ4n) is 6.20. The number of allylic oxidation sites excluding steroid dienone is 3. The van der Waals surface area contributed by atoms with Crippen LogP contribution in [0.5, 0.6) is 0 Å². The number of hydrogen-bond acceptors (Lipinski definition) is 2. The Hall–Kier alpha value is -1.33. The normalized spacial score (nSPS) is 42.5. The van der Waals surface area contributed by atoms with Crippen LogP contribution in [0.2, 0.25) is 0 Å². The van der Waals surface area contributed by atoms with Crippen molar-refractivity contribution >= 4 is 5.78 Å². The van der Waals surface area contributed by atoms with E-state index >= 15 is 0 Å². The molecular formula is C21H26O2. The Morgan fingerprint density at radius 1 is 1.22 bits per heavy atom. The van der Waals surface area contributed by atoms with Crippen molar-refractivity contribution < 1.29 is 9.90 Å². The third-order valence-electron chi connectivity index (χ3n) is 7.36. The van der Waals surface area contributed by atoms with E-state index in [1.165, 1.54) is 11.1 Å². The second-order valence-corrected chi connectivity index (χ2v) is 7.92. The van der Waals surface area contributed by atoms with Crippen LogP contribution in [0.25, 0.3) is 0 Å². The van der Waals surface area contributed by atoms with Crippen molar-refractivity contribution in [2.24, 2.45) is 17.3 Å². The standard InChI is InChI=1S/C21H26O2/c1-3-20-11-9-17-16-8-6-15(22)13-14(16)5-7-18(17)19(20)10-12-21(20,23)4-2/h2,13,16-17,23H,3,5-12H2,1H3/t16-,17+,20+,21-/m0/s1. The molecule has 0 saturated heterocycles. The summed E-state index contributed by atoms with van der Waals surface area (Å²) < 4.78 is 0. The molecule has 0 heterocycles. The van der Waals surface area contributed by atoms with Crippen molar-refractivity contribution in [3.63, 3.8) is 0 Å². The predicted octanol–water partition coefficient (Wildman–Crippen LogP) is 3.95. The van der Waals surface area contributed by atoms with Gasteiger partial charge in [-0.1, -0.05) is 29.6 Å². The number of aliphatic hydroxyl groups is 1. The quantitative estimate of drug-likeness (QED) is 0.588. The van der Waals surface area contributed by atoms with E-state index in [-0.39, 0.29) is 5.41 Å². The van der Waals surface area contributed by atoms with E-state index < -0.39 is 5.60 Å². The largest absolute Gasteiger partial charge is 0.377 e. The molecule has 0 aromatic carbocycles. The van der Waals surface area contributed by atoms with E-state index in [0.717, 1.165) is 51.4 Å². The summed E-state index contributed by atoms with van der Waals surface area (Å²) in [6, 6.07) is 0. The molecule has 2 fully saturated rings. The third-order valence-corrected chi connectivity index (χ3v) is 7.36. The maximum absolute atomic E-state index is 11.7.